The quantitative estimate of drug-likeness (QED) is 0.635. The number of piperidine rings is 1. The number of carbonyl (C=O) groups excluding carboxylic acids is 1. The summed E-state index contributed by atoms with van der Waals surface area (Å²) in [6.07, 6.45) is 5.79. The van der Waals surface area contributed by atoms with Gasteiger partial charge in [0.05, 0.1) is 19.8 Å². The van der Waals surface area contributed by atoms with Gasteiger partial charge in [-0.2, -0.15) is 0 Å². The monoisotopic (exact) mass is 460 g/mol. The summed E-state index contributed by atoms with van der Waals surface area (Å²) in [5, 5.41) is 14.7. The van der Waals surface area contributed by atoms with Gasteiger partial charge in [-0.05, 0) is 63.7 Å². The van der Waals surface area contributed by atoms with Gasteiger partial charge in [0.15, 0.2) is 5.58 Å². The highest BCUT2D eigenvalue weighted by Crippen LogP contribution is 2.40. The van der Waals surface area contributed by atoms with E-state index in [1.54, 1.807) is 4.90 Å². The number of carbonyl (C=O) groups is 1. The number of likely N-dealkylation sites (tertiary alicyclic amines) is 1. The number of aromatic nitrogens is 1. The smallest absolute Gasteiger partial charge is 0.410 e. The van der Waals surface area contributed by atoms with Crippen molar-refractivity contribution < 1.29 is 28.6 Å². The van der Waals surface area contributed by atoms with Crippen molar-refractivity contribution in [3.05, 3.63) is 18.2 Å². The van der Waals surface area contributed by atoms with Gasteiger partial charge in [-0.15, -0.1) is 0 Å². The number of fused-ring (bicyclic) bond motifs is 1. The number of ether oxygens (including phenoxy) is 3. The van der Waals surface area contributed by atoms with Gasteiger partial charge in [0.1, 0.15) is 16.7 Å². The molecule has 0 spiro atoms. The van der Waals surface area contributed by atoms with Crippen LogP contribution in [0.25, 0.3) is 11.0 Å². The third-order valence-electron chi connectivity index (χ3n) is 6.59. The van der Waals surface area contributed by atoms with Crippen LogP contribution in [0.2, 0.25) is 0 Å². The van der Waals surface area contributed by atoms with Crippen molar-refractivity contribution in [2.75, 3.05) is 32.9 Å². The summed E-state index contributed by atoms with van der Waals surface area (Å²) in [5.41, 5.74) is -0.0805. The van der Waals surface area contributed by atoms with Crippen LogP contribution in [-0.2, 0) is 4.74 Å². The standard InChI is InChI=1S/C25H36N2O6/c1-24(2,3)32-23(29)27-13-7-8-18(14-27)15-30-22-21-19(9-6-10-20(21)33-26-22)31-17-25(16-28)11-4-5-12-25/h6,9-10,18,28H,4-5,7-8,11-17H2,1-3H3. The maximum Gasteiger partial charge on any atom is 0.410 e. The van der Waals surface area contributed by atoms with Crippen LogP contribution in [0.1, 0.15) is 59.3 Å². The highest BCUT2D eigenvalue weighted by atomic mass is 16.6. The maximum absolute atomic E-state index is 12.4. The number of hydrogen-bond acceptors (Lipinski definition) is 7. The molecular formula is C25H36N2O6. The second-order valence-electron chi connectivity index (χ2n) is 10.5. The first-order valence-electron chi connectivity index (χ1n) is 12.0. The molecule has 2 aliphatic rings. The largest absolute Gasteiger partial charge is 0.492 e. The van der Waals surface area contributed by atoms with E-state index < -0.39 is 5.60 Å². The predicted octanol–water partition coefficient (Wildman–Crippen LogP) is 4.79. The van der Waals surface area contributed by atoms with E-state index in [9.17, 15) is 9.90 Å². The first-order chi connectivity index (χ1) is 15.8. The van der Waals surface area contributed by atoms with Gasteiger partial charge in [-0.25, -0.2) is 4.79 Å². The first kappa shape index (κ1) is 23.7. The minimum Gasteiger partial charge on any atom is -0.492 e. The van der Waals surface area contributed by atoms with Crippen molar-refractivity contribution in [1.82, 2.24) is 10.1 Å². The molecular weight excluding hydrogens is 424 g/mol. The Balaban J connectivity index is 1.40. The fourth-order valence-electron chi connectivity index (χ4n) is 4.75. The molecule has 1 atom stereocenters. The fourth-order valence-corrected chi connectivity index (χ4v) is 4.75. The second-order valence-corrected chi connectivity index (χ2v) is 10.5. The van der Waals surface area contributed by atoms with Crippen LogP contribution >= 0.6 is 0 Å². The summed E-state index contributed by atoms with van der Waals surface area (Å²) < 4.78 is 23.3. The van der Waals surface area contributed by atoms with Crippen molar-refractivity contribution in [2.45, 2.75) is 64.9 Å². The van der Waals surface area contributed by atoms with Gasteiger partial charge >= 0.3 is 6.09 Å². The van der Waals surface area contributed by atoms with E-state index in [0.29, 0.717) is 48.9 Å². The van der Waals surface area contributed by atoms with E-state index in [2.05, 4.69) is 5.16 Å². The van der Waals surface area contributed by atoms with Crippen molar-refractivity contribution in [1.29, 1.82) is 0 Å². The lowest BCUT2D eigenvalue weighted by Crippen LogP contribution is -2.44. The summed E-state index contributed by atoms with van der Waals surface area (Å²) >= 11 is 0. The van der Waals surface area contributed by atoms with Gasteiger partial charge < -0.3 is 28.7 Å². The van der Waals surface area contributed by atoms with Crippen molar-refractivity contribution in [3.8, 4) is 11.6 Å². The number of nitrogens with zero attached hydrogens (tertiary/aromatic N) is 2. The molecule has 8 nitrogen and oxygen atoms in total. The molecule has 1 N–H and O–H groups in total. The molecule has 1 aliphatic heterocycles. The topological polar surface area (TPSA) is 94.3 Å². The number of benzene rings is 1. The molecule has 2 fully saturated rings. The molecule has 1 unspecified atom stereocenters. The van der Waals surface area contributed by atoms with Crippen LogP contribution < -0.4 is 9.47 Å². The zero-order valence-corrected chi connectivity index (χ0v) is 20.0. The lowest BCUT2D eigenvalue weighted by atomic mass is 9.88. The van der Waals surface area contributed by atoms with Crippen molar-refractivity contribution in [3.63, 3.8) is 0 Å². The highest BCUT2D eigenvalue weighted by Gasteiger charge is 2.34. The summed E-state index contributed by atoms with van der Waals surface area (Å²) in [5.74, 6) is 1.24. The fraction of sp³-hybridized carbons (Fsp3) is 0.680. The third-order valence-corrected chi connectivity index (χ3v) is 6.59. The SMILES string of the molecule is CC(C)(C)OC(=O)N1CCCC(COc2noc3cccc(OCC4(CO)CCCC4)c23)C1. The number of rotatable bonds is 7. The Labute approximate surface area is 195 Å². The lowest BCUT2D eigenvalue weighted by Gasteiger charge is -2.33. The molecule has 33 heavy (non-hydrogen) atoms. The average Bonchev–Trinajstić information content (AvgIpc) is 3.43. The Morgan fingerprint density at radius 2 is 2.03 bits per heavy atom. The van der Waals surface area contributed by atoms with E-state index in [-0.39, 0.29) is 24.0 Å². The van der Waals surface area contributed by atoms with Crippen LogP contribution in [0.4, 0.5) is 4.79 Å². The molecule has 0 bridgehead atoms. The van der Waals surface area contributed by atoms with Gasteiger partial charge in [0.25, 0.3) is 5.88 Å². The second kappa shape index (κ2) is 9.79. The van der Waals surface area contributed by atoms with Gasteiger partial charge in [0, 0.05) is 24.4 Å². The van der Waals surface area contributed by atoms with Crippen LogP contribution in [0.3, 0.4) is 0 Å². The Morgan fingerprint density at radius 3 is 2.76 bits per heavy atom. The van der Waals surface area contributed by atoms with E-state index in [1.165, 1.54) is 0 Å². The number of aliphatic hydroxyl groups is 1. The zero-order chi connectivity index (χ0) is 23.5. The molecule has 2 heterocycles. The van der Waals surface area contributed by atoms with E-state index >= 15 is 0 Å². The normalized spacial score (nSPS) is 20.7. The Bertz CT molecular complexity index is 944. The average molecular weight is 461 g/mol. The lowest BCUT2D eigenvalue weighted by molar-refractivity contribution is 0.0137. The molecule has 1 amide bonds. The van der Waals surface area contributed by atoms with Gasteiger partial charge in [-0.1, -0.05) is 18.9 Å². The molecule has 4 rings (SSSR count). The molecule has 8 heteroatoms. The molecule has 1 saturated carbocycles. The minimum absolute atomic E-state index is 0.131. The summed E-state index contributed by atoms with van der Waals surface area (Å²) in [4.78, 5) is 14.2. The Morgan fingerprint density at radius 1 is 1.24 bits per heavy atom. The molecule has 182 valence electrons. The van der Waals surface area contributed by atoms with Crippen LogP contribution in [0, 0.1) is 11.3 Å². The summed E-state index contributed by atoms with van der Waals surface area (Å²) in [6.45, 7) is 7.93. The van der Waals surface area contributed by atoms with E-state index in [1.807, 2.05) is 39.0 Å². The number of hydrogen-bond donors (Lipinski definition) is 1. The minimum atomic E-state index is -0.510. The third kappa shape index (κ3) is 5.72. The molecule has 0 radical (unpaired) electrons. The first-order valence-corrected chi connectivity index (χ1v) is 12.0. The number of aliphatic hydroxyl groups excluding tert-OH is 1. The van der Waals surface area contributed by atoms with Crippen molar-refractivity contribution in [2.24, 2.45) is 11.3 Å². The Kier molecular flexibility index (Phi) is 7.02. The molecule has 1 aliphatic carbocycles. The summed E-state index contributed by atoms with van der Waals surface area (Å²) in [7, 11) is 0. The van der Waals surface area contributed by atoms with Crippen LogP contribution in [0.15, 0.2) is 22.7 Å². The molecule has 1 aromatic heterocycles. The van der Waals surface area contributed by atoms with Gasteiger partial charge in [0.2, 0.25) is 0 Å². The highest BCUT2D eigenvalue weighted by molar-refractivity contribution is 5.88. The van der Waals surface area contributed by atoms with E-state index in [0.717, 1.165) is 38.5 Å². The maximum atomic E-state index is 12.4. The molecule has 1 saturated heterocycles. The summed E-state index contributed by atoms with van der Waals surface area (Å²) in [6, 6.07) is 5.59. The molecule has 1 aromatic carbocycles. The number of amides is 1. The molecule has 2 aromatic rings. The van der Waals surface area contributed by atoms with Crippen LogP contribution in [-0.4, -0.2) is 59.8 Å². The van der Waals surface area contributed by atoms with Gasteiger partial charge in [-0.3, -0.25) is 0 Å². The van der Waals surface area contributed by atoms with Crippen molar-refractivity contribution >= 4 is 17.1 Å². The van der Waals surface area contributed by atoms with Crippen LogP contribution in [0.5, 0.6) is 11.6 Å². The predicted molar refractivity (Wildman–Crippen MR) is 124 cm³/mol. The Hall–Kier alpha value is -2.48. The van der Waals surface area contributed by atoms with E-state index in [4.69, 9.17) is 18.7 Å². The zero-order valence-electron chi connectivity index (χ0n) is 20.0.